The van der Waals surface area contributed by atoms with Gasteiger partial charge in [-0.15, -0.1) is 0 Å². The molecule has 0 bridgehead atoms. The molecule has 1 fully saturated rings. The Balaban J connectivity index is 1.36. The van der Waals surface area contributed by atoms with Crippen LogP contribution in [0.2, 0.25) is 0 Å². The summed E-state index contributed by atoms with van der Waals surface area (Å²) in [5.41, 5.74) is 5.16. The Hall–Kier alpha value is -1.73. The van der Waals surface area contributed by atoms with Crippen molar-refractivity contribution in [2.45, 2.75) is 57.8 Å². The molecule has 5 rings (SSSR count). The molecule has 1 aromatic heterocycles. The van der Waals surface area contributed by atoms with Gasteiger partial charge in [-0.25, -0.2) is 4.98 Å². The van der Waals surface area contributed by atoms with Gasteiger partial charge in [-0.2, -0.15) is 0 Å². The molecule has 1 saturated heterocycles. The first-order valence-corrected chi connectivity index (χ1v) is 12.8. The Morgan fingerprint density at radius 2 is 1.94 bits per heavy atom. The predicted molar refractivity (Wildman–Crippen MR) is 136 cm³/mol. The Labute approximate surface area is 204 Å². The van der Waals surface area contributed by atoms with Gasteiger partial charge in [-0.1, -0.05) is 28.1 Å². The maximum atomic E-state index is 10.9. The molecule has 2 aromatic carbocycles. The van der Waals surface area contributed by atoms with Crippen molar-refractivity contribution in [3.63, 3.8) is 0 Å². The monoisotopic (exact) mass is 511 g/mol. The lowest BCUT2D eigenvalue weighted by molar-refractivity contribution is -0.0151. The molecular weight excluding hydrogens is 478 g/mol. The minimum Gasteiger partial charge on any atom is -0.383 e. The molecular formula is C27H34BrN3O2. The van der Waals surface area contributed by atoms with E-state index in [1.165, 1.54) is 21.2 Å². The summed E-state index contributed by atoms with van der Waals surface area (Å²) in [7, 11) is 1.82. The highest BCUT2D eigenvalue weighted by atomic mass is 79.9. The SMILES string of the molecule is CO[C@@H]1CN(C[C@@H]2Cc3ccc(Br)cc3C2)CC[C@@H]1n1c(C(C)(C)O)nc2cc(C)ccc21. The number of aliphatic hydroxyl groups is 1. The van der Waals surface area contributed by atoms with Gasteiger partial charge in [0.1, 0.15) is 11.4 Å². The van der Waals surface area contributed by atoms with Crippen LogP contribution in [-0.4, -0.2) is 52.4 Å². The van der Waals surface area contributed by atoms with E-state index in [9.17, 15) is 5.11 Å². The summed E-state index contributed by atoms with van der Waals surface area (Å²) in [6.07, 6.45) is 3.35. The third kappa shape index (κ3) is 4.51. The average Bonchev–Trinajstić information content (AvgIpc) is 3.33. The van der Waals surface area contributed by atoms with Crippen molar-refractivity contribution < 1.29 is 9.84 Å². The van der Waals surface area contributed by atoms with Crippen molar-refractivity contribution in [1.82, 2.24) is 14.5 Å². The van der Waals surface area contributed by atoms with E-state index in [0.29, 0.717) is 5.92 Å². The second kappa shape index (κ2) is 8.81. The van der Waals surface area contributed by atoms with Crippen LogP contribution < -0.4 is 0 Å². The molecule has 3 aromatic rings. The van der Waals surface area contributed by atoms with Crippen molar-refractivity contribution in [2.75, 3.05) is 26.7 Å². The summed E-state index contributed by atoms with van der Waals surface area (Å²) in [6.45, 7) is 8.75. The van der Waals surface area contributed by atoms with E-state index in [1.54, 1.807) is 0 Å². The molecule has 33 heavy (non-hydrogen) atoms. The number of hydrogen-bond donors (Lipinski definition) is 1. The lowest BCUT2D eigenvalue weighted by atomic mass is 9.97. The minimum atomic E-state index is -1.02. The molecule has 6 heteroatoms. The fourth-order valence-electron chi connectivity index (χ4n) is 5.81. The van der Waals surface area contributed by atoms with E-state index in [1.807, 2.05) is 21.0 Å². The average molecular weight is 512 g/mol. The third-order valence-corrected chi connectivity index (χ3v) is 7.83. The van der Waals surface area contributed by atoms with Gasteiger partial charge in [-0.05, 0) is 86.9 Å². The number of benzene rings is 2. The number of halogens is 1. The highest BCUT2D eigenvalue weighted by molar-refractivity contribution is 9.10. The van der Waals surface area contributed by atoms with Gasteiger partial charge in [0, 0.05) is 31.2 Å². The summed E-state index contributed by atoms with van der Waals surface area (Å²) >= 11 is 3.61. The number of aromatic nitrogens is 2. The largest absolute Gasteiger partial charge is 0.383 e. The normalized spacial score (nSPS) is 23.9. The number of fused-ring (bicyclic) bond motifs is 2. The maximum absolute atomic E-state index is 10.9. The zero-order valence-corrected chi connectivity index (χ0v) is 21.6. The molecule has 0 spiro atoms. The molecule has 0 radical (unpaired) electrons. The number of piperidine rings is 1. The number of rotatable bonds is 5. The summed E-state index contributed by atoms with van der Waals surface area (Å²) in [4.78, 5) is 7.43. The molecule has 0 saturated carbocycles. The molecule has 2 aliphatic rings. The number of nitrogens with zero attached hydrogens (tertiary/aromatic N) is 3. The Morgan fingerprint density at radius 1 is 1.15 bits per heavy atom. The molecule has 0 amide bonds. The zero-order chi connectivity index (χ0) is 23.3. The first-order valence-electron chi connectivity index (χ1n) is 12.0. The number of aryl methyl sites for hydroxylation is 1. The van der Waals surface area contributed by atoms with E-state index in [0.717, 1.165) is 55.8 Å². The first-order chi connectivity index (χ1) is 15.7. The zero-order valence-electron chi connectivity index (χ0n) is 20.0. The van der Waals surface area contributed by atoms with E-state index < -0.39 is 5.60 Å². The minimum absolute atomic E-state index is 0.0523. The summed E-state index contributed by atoms with van der Waals surface area (Å²) < 4.78 is 9.49. The Morgan fingerprint density at radius 3 is 2.70 bits per heavy atom. The molecule has 3 atom stereocenters. The second-order valence-electron chi connectivity index (χ2n) is 10.4. The van der Waals surface area contributed by atoms with E-state index >= 15 is 0 Å². The van der Waals surface area contributed by atoms with Crippen molar-refractivity contribution in [2.24, 2.45) is 5.92 Å². The fourth-order valence-corrected chi connectivity index (χ4v) is 6.22. The smallest absolute Gasteiger partial charge is 0.141 e. The van der Waals surface area contributed by atoms with E-state index in [4.69, 9.17) is 9.72 Å². The van der Waals surface area contributed by atoms with Crippen LogP contribution in [0.1, 0.15) is 48.8 Å². The number of hydrogen-bond acceptors (Lipinski definition) is 4. The molecule has 0 unspecified atom stereocenters. The molecule has 1 aliphatic carbocycles. The van der Waals surface area contributed by atoms with Crippen molar-refractivity contribution in [1.29, 1.82) is 0 Å². The number of imidazole rings is 1. The van der Waals surface area contributed by atoms with Crippen LogP contribution in [0.25, 0.3) is 11.0 Å². The number of ether oxygens (including phenoxy) is 1. The van der Waals surface area contributed by atoms with E-state index in [-0.39, 0.29) is 12.1 Å². The van der Waals surface area contributed by atoms with Crippen molar-refractivity contribution in [3.8, 4) is 0 Å². The van der Waals surface area contributed by atoms with Gasteiger partial charge in [0.25, 0.3) is 0 Å². The van der Waals surface area contributed by atoms with Gasteiger partial charge in [-0.3, -0.25) is 0 Å². The van der Waals surface area contributed by atoms with Crippen LogP contribution in [0.5, 0.6) is 0 Å². The lowest BCUT2D eigenvalue weighted by Crippen LogP contribution is -2.47. The summed E-state index contributed by atoms with van der Waals surface area (Å²) in [5, 5.41) is 10.9. The quantitative estimate of drug-likeness (QED) is 0.522. The first kappa shape index (κ1) is 23.0. The molecule has 176 valence electrons. The van der Waals surface area contributed by atoms with Gasteiger partial charge in [0.2, 0.25) is 0 Å². The molecule has 1 aliphatic heterocycles. The number of methoxy groups -OCH3 is 1. The lowest BCUT2D eigenvalue weighted by Gasteiger charge is -2.40. The van der Waals surface area contributed by atoms with Gasteiger partial charge in [0.15, 0.2) is 0 Å². The summed E-state index contributed by atoms with van der Waals surface area (Å²) in [6, 6.07) is 13.2. The molecule has 5 nitrogen and oxygen atoms in total. The highest BCUT2D eigenvalue weighted by Gasteiger charge is 2.37. The summed E-state index contributed by atoms with van der Waals surface area (Å²) in [5.74, 6) is 1.38. The van der Waals surface area contributed by atoms with Crippen LogP contribution in [-0.2, 0) is 23.2 Å². The van der Waals surface area contributed by atoms with Crippen LogP contribution >= 0.6 is 15.9 Å². The third-order valence-electron chi connectivity index (χ3n) is 7.34. The topological polar surface area (TPSA) is 50.5 Å². The second-order valence-corrected chi connectivity index (χ2v) is 11.3. The van der Waals surface area contributed by atoms with Gasteiger partial charge >= 0.3 is 0 Å². The fraction of sp³-hybridized carbons (Fsp3) is 0.519. The Bertz CT molecular complexity index is 1170. The van der Waals surface area contributed by atoms with Crippen molar-refractivity contribution in [3.05, 3.63) is 63.4 Å². The van der Waals surface area contributed by atoms with Gasteiger partial charge in [0.05, 0.1) is 23.2 Å². The van der Waals surface area contributed by atoms with E-state index in [2.05, 4.69) is 68.7 Å². The molecule has 1 N–H and O–H groups in total. The standard InChI is InChI=1S/C27H34BrN3O2/c1-17-5-8-23-22(11-17)29-26(27(2,3)32)31(23)24-9-10-30(16-25(24)33-4)15-18-12-19-6-7-21(28)14-20(19)13-18/h5-8,11,14,18,24-25,32H,9-10,12-13,15-16H2,1-4H3/t18-,24+,25-/m1/s1. The van der Waals surface area contributed by atoms with Gasteiger partial charge < -0.3 is 19.3 Å². The van der Waals surface area contributed by atoms with Crippen LogP contribution in [0.15, 0.2) is 40.9 Å². The maximum Gasteiger partial charge on any atom is 0.141 e. The molecule has 2 heterocycles. The van der Waals surface area contributed by atoms with Crippen LogP contribution in [0.3, 0.4) is 0 Å². The number of likely N-dealkylation sites (tertiary alicyclic amines) is 1. The van der Waals surface area contributed by atoms with Crippen LogP contribution in [0, 0.1) is 12.8 Å². The van der Waals surface area contributed by atoms with Crippen LogP contribution in [0.4, 0.5) is 0 Å². The highest BCUT2D eigenvalue weighted by Crippen LogP contribution is 2.36. The Kier molecular flexibility index (Phi) is 6.15. The van der Waals surface area contributed by atoms with Crippen molar-refractivity contribution >= 4 is 27.0 Å². The predicted octanol–water partition coefficient (Wildman–Crippen LogP) is 5.01.